The molecule has 1 aromatic carbocycles. The van der Waals surface area contributed by atoms with Crippen molar-refractivity contribution in [1.29, 1.82) is 0 Å². The van der Waals surface area contributed by atoms with Crippen molar-refractivity contribution in [2.24, 2.45) is 0 Å². The number of halogens is 1. The molecule has 0 aliphatic heterocycles. The first-order chi connectivity index (χ1) is 6.58. The molecule has 1 N–H and O–H groups in total. The van der Waals surface area contributed by atoms with E-state index in [0.717, 1.165) is 0 Å². The summed E-state index contributed by atoms with van der Waals surface area (Å²) in [5.74, 6) is 0.0537. The van der Waals surface area contributed by atoms with Gasteiger partial charge in [-0.2, -0.15) is 0 Å². The Hall–Kier alpha value is -1.48. The maximum Gasteiger partial charge on any atom is 0.194 e. The number of furan rings is 1. The number of carbonyl (C=O) groups excluding carboxylic acids is 1. The fourth-order valence-electron chi connectivity index (χ4n) is 1.26. The van der Waals surface area contributed by atoms with Crippen LogP contribution in [0.25, 0.3) is 11.0 Å². The molecule has 4 heteroatoms. The third-order valence-corrected chi connectivity index (χ3v) is 2.15. The Kier molecular flexibility index (Phi) is 1.97. The summed E-state index contributed by atoms with van der Waals surface area (Å²) in [6.45, 7) is 1.40. The van der Waals surface area contributed by atoms with Gasteiger partial charge in [-0.15, -0.1) is 0 Å². The van der Waals surface area contributed by atoms with Crippen LogP contribution in [0.1, 0.15) is 17.5 Å². The van der Waals surface area contributed by atoms with Crippen LogP contribution in [0, 0.1) is 0 Å². The van der Waals surface area contributed by atoms with Crippen LogP contribution in [-0.4, -0.2) is 10.9 Å². The number of phenols is 1. The summed E-state index contributed by atoms with van der Waals surface area (Å²) in [4.78, 5) is 11.0. The summed E-state index contributed by atoms with van der Waals surface area (Å²) in [5, 5.41) is 10.4. The first-order valence-electron chi connectivity index (χ1n) is 4.01. The molecule has 0 unspecified atom stereocenters. The van der Waals surface area contributed by atoms with Crippen molar-refractivity contribution < 1.29 is 14.3 Å². The molecule has 0 saturated carbocycles. The van der Waals surface area contributed by atoms with Gasteiger partial charge in [0.05, 0.1) is 5.39 Å². The van der Waals surface area contributed by atoms with Crippen LogP contribution in [0.4, 0.5) is 0 Å². The Morgan fingerprint density at radius 2 is 2.14 bits per heavy atom. The molecule has 0 spiro atoms. The van der Waals surface area contributed by atoms with Gasteiger partial charge in [-0.1, -0.05) is 11.6 Å². The summed E-state index contributed by atoms with van der Waals surface area (Å²) in [7, 11) is 0. The fourth-order valence-corrected chi connectivity index (χ4v) is 1.46. The Bertz CT molecular complexity index is 513. The summed E-state index contributed by atoms with van der Waals surface area (Å²) < 4.78 is 5.20. The van der Waals surface area contributed by atoms with Crippen molar-refractivity contribution in [2.45, 2.75) is 6.92 Å². The highest BCUT2D eigenvalue weighted by molar-refractivity contribution is 6.31. The molecule has 0 aliphatic rings. The zero-order chi connectivity index (χ0) is 10.3. The Morgan fingerprint density at radius 3 is 2.79 bits per heavy atom. The second-order valence-electron chi connectivity index (χ2n) is 3.00. The highest BCUT2D eigenvalue weighted by atomic mass is 35.5. The minimum Gasteiger partial charge on any atom is -0.507 e. The Labute approximate surface area is 84.9 Å². The molecule has 0 atom stereocenters. The van der Waals surface area contributed by atoms with Crippen LogP contribution in [0.15, 0.2) is 22.6 Å². The molecular weight excluding hydrogens is 204 g/mol. The molecule has 2 aromatic rings. The van der Waals surface area contributed by atoms with E-state index in [1.165, 1.54) is 19.1 Å². The normalized spacial score (nSPS) is 10.7. The van der Waals surface area contributed by atoms with E-state index in [0.29, 0.717) is 16.0 Å². The molecule has 72 valence electrons. The number of hydrogen-bond donors (Lipinski definition) is 1. The Balaban J connectivity index is 2.76. The summed E-state index contributed by atoms with van der Waals surface area (Å²) >= 11 is 5.71. The number of rotatable bonds is 1. The number of benzene rings is 1. The van der Waals surface area contributed by atoms with Crippen LogP contribution < -0.4 is 0 Å². The smallest absolute Gasteiger partial charge is 0.194 e. The molecular formula is C10H7ClO3. The molecule has 3 nitrogen and oxygen atoms in total. The Morgan fingerprint density at radius 1 is 1.43 bits per heavy atom. The third kappa shape index (κ3) is 1.36. The van der Waals surface area contributed by atoms with Gasteiger partial charge in [-0.3, -0.25) is 4.79 Å². The lowest BCUT2D eigenvalue weighted by Gasteiger charge is -1.93. The van der Waals surface area contributed by atoms with Crippen molar-refractivity contribution in [3.8, 4) is 5.75 Å². The van der Waals surface area contributed by atoms with Crippen molar-refractivity contribution in [2.75, 3.05) is 0 Å². The molecule has 2 rings (SSSR count). The van der Waals surface area contributed by atoms with Gasteiger partial charge >= 0.3 is 0 Å². The van der Waals surface area contributed by atoms with Gasteiger partial charge in [0.2, 0.25) is 0 Å². The van der Waals surface area contributed by atoms with Crippen LogP contribution in [0.5, 0.6) is 5.75 Å². The first kappa shape index (κ1) is 9.09. The van der Waals surface area contributed by atoms with Crippen molar-refractivity contribution in [1.82, 2.24) is 0 Å². The van der Waals surface area contributed by atoms with E-state index in [-0.39, 0.29) is 17.3 Å². The number of fused-ring (bicyclic) bond motifs is 1. The lowest BCUT2D eigenvalue weighted by molar-refractivity contribution is 0.0989. The van der Waals surface area contributed by atoms with Gasteiger partial charge < -0.3 is 9.52 Å². The largest absolute Gasteiger partial charge is 0.507 e. The number of hydrogen-bond acceptors (Lipinski definition) is 3. The van der Waals surface area contributed by atoms with Crippen molar-refractivity contribution in [3.63, 3.8) is 0 Å². The third-order valence-electron chi connectivity index (χ3n) is 1.93. The van der Waals surface area contributed by atoms with E-state index in [1.54, 1.807) is 6.07 Å². The lowest BCUT2D eigenvalue weighted by Crippen LogP contribution is -1.85. The molecule has 14 heavy (non-hydrogen) atoms. The average Bonchev–Trinajstić information content (AvgIpc) is 2.47. The minimum absolute atomic E-state index is 0.0174. The minimum atomic E-state index is -0.184. The van der Waals surface area contributed by atoms with E-state index in [1.807, 2.05) is 0 Å². The van der Waals surface area contributed by atoms with Crippen LogP contribution in [0.3, 0.4) is 0 Å². The van der Waals surface area contributed by atoms with E-state index >= 15 is 0 Å². The molecule has 0 fully saturated rings. The van der Waals surface area contributed by atoms with Gasteiger partial charge in [-0.25, -0.2) is 0 Å². The zero-order valence-electron chi connectivity index (χ0n) is 7.37. The molecule has 0 amide bonds. The molecule has 0 aliphatic carbocycles. The monoisotopic (exact) mass is 210 g/mol. The van der Waals surface area contributed by atoms with Crippen molar-refractivity contribution in [3.05, 3.63) is 29.0 Å². The average molecular weight is 211 g/mol. The van der Waals surface area contributed by atoms with Gasteiger partial charge in [0, 0.05) is 18.0 Å². The second-order valence-corrected chi connectivity index (χ2v) is 3.44. The van der Waals surface area contributed by atoms with Gasteiger partial charge in [0.1, 0.15) is 11.3 Å². The highest BCUT2D eigenvalue weighted by Gasteiger charge is 2.11. The van der Waals surface area contributed by atoms with Gasteiger partial charge in [-0.05, 0) is 12.1 Å². The molecule has 0 radical (unpaired) electrons. The maximum atomic E-state index is 11.0. The number of Topliss-reactive ketones (excluding diaryl/α,β-unsaturated/α-hetero) is 1. The molecule has 0 saturated heterocycles. The van der Waals surface area contributed by atoms with Gasteiger partial charge in [0.15, 0.2) is 11.5 Å². The molecule has 1 heterocycles. The number of carbonyl (C=O) groups is 1. The van der Waals surface area contributed by atoms with E-state index in [2.05, 4.69) is 0 Å². The van der Waals surface area contributed by atoms with Crippen LogP contribution in [-0.2, 0) is 0 Å². The summed E-state index contributed by atoms with van der Waals surface area (Å²) in [6.07, 6.45) is 0. The number of ketones is 1. The van der Waals surface area contributed by atoms with Gasteiger partial charge in [0.25, 0.3) is 0 Å². The van der Waals surface area contributed by atoms with Crippen LogP contribution >= 0.6 is 11.6 Å². The first-order valence-corrected chi connectivity index (χ1v) is 4.38. The van der Waals surface area contributed by atoms with Crippen LogP contribution in [0.2, 0.25) is 5.02 Å². The fraction of sp³-hybridized carbons (Fsp3) is 0.100. The van der Waals surface area contributed by atoms with Crippen molar-refractivity contribution >= 4 is 28.4 Å². The zero-order valence-corrected chi connectivity index (χ0v) is 8.13. The van der Waals surface area contributed by atoms with E-state index in [4.69, 9.17) is 16.0 Å². The maximum absolute atomic E-state index is 11.0. The molecule has 0 bridgehead atoms. The predicted molar refractivity (Wildman–Crippen MR) is 52.9 cm³/mol. The van der Waals surface area contributed by atoms with E-state index < -0.39 is 0 Å². The SMILES string of the molecule is CC(=O)c1cc2c(O)cc(Cl)cc2o1. The predicted octanol–water partition coefficient (Wildman–Crippen LogP) is 2.99. The topological polar surface area (TPSA) is 50.4 Å². The lowest BCUT2D eigenvalue weighted by atomic mass is 10.2. The second kappa shape index (κ2) is 3.03. The quantitative estimate of drug-likeness (QED) is 0.737. The highest BCUT2D eigenvalue weighted by Crippen LogP contribution is 2.31. The van der Waals surface area contributed by atoms with E-state index in [9.17, 15) is 9.90 Å². The summed E-state index contributed by atoms with van der Waals surface area (Å²) in [5.41, 5.74) is 0.417. The number of phenolic OH excluding ortho intramolecular Hbond substituents is 1. The summed E-state index contributed by atoms with van der Waals surface area (Å²) in [6, 6.07) is 4.47. The number of aromatic hydroxyl groups is 1. The standard InChI is InChI=1S/C10H7ClO3/c1-5(12)9-4-7-8(13)2-6(11)3-10(7)14-9/h2-4,13H,1H3. The molecule has 1 aromatic heterocycles.